The molecule has 2 rings (SSSR count). The summed E-state index contributed by atoms with van der Waals surface area (Å²) in [5.41, 5.74) is 8.29. The Bertz CT molecular complexity index is 604. The normalized spacial score (nSPS) is 15.2. The molecule has 0 unspecified atom stereocenters. The van der Waals surface area contributed by atoms with Crippen LogP contribution >= 0.6 is 24.0 Å². The van der Waals surface area contributed by atoms with Crippen molar-refractivity contribution >= 4 is 36.0 Å². The molecular weight excluding hydrogens is 459 g/mol. The van der Waals surface area contributed by atoms with Gasteiger partial charge in [-0.05, 0) is 37.8 Å². The van der Waals surface area contributed by atoms with Crippen LogP contribution in [0, 0.1) is 0 Å². The van der Waals surface area contributed by atoms with E-state index in [1.807, 2.05) is 32.0 Å². The number of benzene rings is 1. The maximum absolute atomic E-state index is 11.7. The third-order valence-corrected chi connectivity index (χ3v) is 4.37. The Hall–Kier alpha value is -1.55. The van der Waals surface area contributed by atoms with Crippen LogP contribution in [0.5, 0.6) is 0 Å². The molecule has 1 aromatic carbocycles. The summed E-state index contributed by atoms with van der Waals surface area (Å²) in [4.78, 5) is 17.9. The van der Waals surface area contributed by atoms with E-state index < -0.39 is 0 Å². The molecule has 1 aliphatic heterocycles. The van der Waals surface area contributed by atoms with Gasteiger partial charge >= 0.3 is 6.09 Å². The fourth-order valence-electron chi connectivity index (χ4n) is 2.91. The summed E-state index contributed by atoms with van der Waals surface area (Å²) in [5.74, 6) is 0.436. The molecular formula is C19H31IN4O3. The molecule has 0 spiro atoms. The van der Waals surface area contributed by atoms with Crippen molar-refractivity contribution in [2.75, 3.05) is 26.3 Å². The van der Waals surface area contributed by atoms with Crippen molar-refractivity contribution in [1.82, 2.24) is 10.2 Å². The van der Waals surface area contributed by atoms with Crippen LogP contribution in [-0.2, 0) is 22.6 Å². The standard InChI is InChI=1S/C19H30N4O3.HI/c1-3-25-14-16-8-6-5-7-15(16)13-21-18(20)22-17-9-11-23(12-10-17)19(24)26-4-2;/h5-8,17H,3-4,9-14H2,1-2H3,(H3,20,21,22);1H. The zero-order chi connectivity index (χ0) is 18.8. The lowest BCUT2D eigenvalue weighted by molar-refractivity contribution is 0.0963. The molecule has 3 N–H and O–H groups in total. The monoisotopic (exact) mass is 490 g/mol. The predicted molar refractivity (Wildman–Crippen MR) is 117 cm³/mol. The van der Waals surface area contributed by atoms with Crippen LogP contribution in [0.1, 0.15) is 37.8 Å². The molecule has 7 nitrogen and oxygen atoms in total. The number of nitrogens with zero attached hydrogens (tertiary/aromatic N) is 2. The first-order chi connectivity index (χ1) is 12.6. The first-order valence-electron chi connectivity index (χ1n) is 9.26. The number of amides is 1. The SMILES string of the molecule is CCOCc1ccccc1CN=C(N)NC1CCN(C(=O)OCC)CC1.I. The van der Waals surface area contributed by atoms with Crippen molar-refractivity contribution in [2.24, 2.45) is 10.7 Å². The summed E-state index contributed by atoms with van der Waals surface area (Å²) in [6, 6.07) is 8.32. The lowest BCUT2D eigenvalue weighted by Crippen LogP contribution is -2.48. The number of piperidine rings is 1. The molecule has 152 valence electrons. The van der Waals surface area contributed by atoms with Gasteiger partial charge in [-0.3, -0.25) is 0 Å². The summed E-state index contributed by atoms with van der Waals surface area (Å²) < 4.78 is 10.5. The smallest absolute Gasteiger partial charge is 0.409 e. The first-order valence-corrected chi connectivity index (χ1v) is 9.26. The Morgan fingerprint density at radius 3 is 2.52 bits per heavy atom. The highest BCUT2D eigenvalue weighted by molar-refractivity contribution is 14.0. The van der Waals surface area contributed by atoms with Crippen molar-refractivity contribution < 1.29 is 14.3 Å². The molecule has 1 aromatic rings. The Kier molecular flexibility index (Phi) is 11.1. The zero-order valence-electron chi connectivity index (χ0n) is 16.1. The van der Waals surface area contributed by atoms with Gasteiger partial charge in [0.25, 0.3) is 0 Å². The van der Waals surface area contributed by atoms with Gasteiger partial charge in [-0.15, -0.1) is 24.0 Å². The Morgan fingerprint density at radius 1 is 1.22 bits per heavy atom. The lowest BCUT2D eigenvalue weighted by atomic mass is 10.1. The number of carbonyl (C=O) groups excluding carboxylic acids is 1. The molecule has 1 aliphatic rings. The number of nitrogens with one attached hydrogen (secondary N) is 1. The van der Waals surface area contributed by atoms with Gasteiger partial charge in [-0.2, -0.15) is 0 Å². The van der Waals surface area contributed by atoms with E-state index in [9.17, 15) is 4.79 Å². The maximum atomic E-state index is 11.7. The van der Waals surface area contributed by atoms with E-state index in [0.29, 0.717) is 45.4 Å². The van der Waals surface area contributed by atoms with Gasteiger partial charge < -0.3 is 25.4 Å². The number of guanidine groups is 1. The minimum Gasteiger partial charge on any atom is -0.450 e. The number of rotatable bonds is 7. The highest BCUT2D eigenvalue weighted by Gasteiger charge is 2.23. The molecule has 0 atom stereocenters. The number of carbonyl (C=O) groups is 1. The van der Waals surface area contributed by atoms with E-state index in [-0.39, 0.29) is 36.1 Å². The second kappa shape index (κ2) is 12.8. The number of aliphatic imine (C=N–C) groups is 1. The van der Waals surface area contributed by atoms with Crippen molar-refractivity contribution in [1.29, 1.82) is 0 Å². The maximum Gasteiger partial charge on any atom is 0.409 e. The van der Waals surface area contributed by atoms with Gasteiger partial charge in [-0.25, -0.2) is 9.79 Å². The van der Waals surface area contributed by atoms with Crippen LogP contribution < -0.4 is 11.1 Å². The topological polar surface area (TPSA) is 89.2 Å². The van der Waals surface area contributed by atoms with E-state index in [4.69, 9.17) is 15.2 Å². The zero-order valence-corrected chi connectivity index (χ0v) is 18.5. The molecule has 0 saturated carbocycles. The van der Waals surface area contributed by atoms with Crippen molar-refractivity contribution in [3.8, 4) is 0 Å². The van der Waals surface area contributed by atoms with Gasteiger partial charge in [0.05, 0.1) is 19.8 Å². The Labute approximate surface area is 178 Å². The van der Waals surface area contributed by atoms with Gasteiger partial charge in [-0.1, -0.05) is 24.3 Å². The summed E-state index contributed by atoms with van der Waals surface area (Å²) >= 11 is 0. The molecule has 0 radical (unpaired) electrons. The van der Waals surface area contributed by atoms with Crippen LogP contribution in [0.2, 0.25) is 0 Å². The van der Waals surface area contributed by atoms with E-state index in [0.717, 1.165) is 24.0 Å². The fourth-order valence-corrected chi connectivity index (χ4v) is 2.91. The number of hydrogen-bond acceptors (Lipinski definition) is 4. The molecule has 27 heavy (non-hydrogen) atoms. The van der Waals surface area contributed by atoms with Crippen LogP contribution in [0.25, 0.3) is 0 Å². The molecule has 0 aromatic heterocycles. The molecule has 0 aliphatic carbocycles. The van der Waals surface area contributed by atoms with Gasteiger partial charge in [0.1, 0.15) is 0 Å². The van der Waals surface area contributed by atoms with Crippen LogP contribution in [0.15, 0.2) is 29.3 Å². The average molecular weight is 490 g/mol. The van der Waals surface area contributed by atoms with E-state index in [1.54, 1.807) is 4.90 Å². The highest BCUT2D eigenvalue weighted by Crippen LogP contribution is 2.13. The number of hydrogen-bond donors (Lipinski definition) is 2. The molecule has 1 saturated heterocycles. The molecule has 8 heteroatoms. The minimum atomic E-state index is -0.238. The van der Waals surface area contributed by atoms with Crippen LogP contribution in [0.4, 0.5) is 4.79 Å². The first kappa shape index (κ1) is 23.5. The quantitative estimate of drug-likeness (QED) is 0.349. The Balaban J connectivity index is 0.00000364. The highest BCUT2D eigenvalue weighted by atomic mass is 127. The van der Waals surface area contributed by atoms with Gasteiger partial charge in [0.15, 0.2) is 5.96 Å². The van der Waals surface area contributed by atoms with E-state index >= 15 is 0 Å². The molecule has 1 heterocycles. The number of ether oxygens (including phenoxy) is 2. The molecule has 1 amide bonds. The van der Waals surface area contributed by atoms with E-state index in [1.165, 1.54) is 0 Å². The summed E-state index contributed by atoms with van der Waals surface area (Å²) in [7, 11) is 0. The van der Waals surface area contributed by atoms with E-state index in [2.05, 4.69) is 16.4 Å². The second-order valence-corrected chi connectivity index (χ2v) is 6.21. The average Bonchev–Trinajstić information content (AvgIpc) is 2.66. The summed E-state index contributed by atoms with van der Waals surface area (Å²) in [6.45, 7) is 7.33. The molecule has 0 bridgehead atoms. The minimum absolute atomic E-state index is 0. The second-order valence-electron chi connectivity index (χ2n) is 6.21. The van der Waals surface area contributed by atoms with Crippen molar-refractivity contribution in [3.63, 3.8) is 0 Å². The fraction of sp³-hybridized carbons (Fsp3) is 0.579. The van der Waals surface area contributed by atoms with Crippen LogP contribution in [-0.4, -0.2) is 49.3 Å². The third kappa shape index (κ3) is 7.92. The number of halogens is 1. The summed E-state index contributed by atoms with van der Waals surface area (Å²) in [5, 5.41) is 3.26. The van der Waals surface area contributed by atoms with Crippen molar-refractivity contribution in [3.05, 3.63) is 35.4 Å². The number of nitrogens with two attached hydrogens (primary N) is 1. The molecule has 1 fully saturated rings. The van der Waals surface area contributed by atoms with Crippen molar-refractivity contribution in [2.45, 2.75) is 45.9 Å². The predicted octanol–water partition coefficient (Wildman–Crippen LogP) is 2.87. The Morgan fingerprint density at radius 2 is 1.89 bits per heavy atom. The largest absolute Gasteiger partial charge is 0.450 e. The summed E-state index contributed by atoms with van der Waals surface area (Å²) in [6.07, 6.45) is 1.42. The lowest BCUT2D eigenvalue weighted by Gasteiger charge is -2.31. The van der Waals surface area contributed by atoms with Gasteiger partial charge in [0, 0.05) is 25.7 Å². The van der Waals surface area contributed by atoms with Gasteiger partial charge in [0.2, 0.25) is 0 Å². The third-order valence-electron chi connectivity index (χ3n) is 4.37. The number of likely N-dealkylation sites (tertiary alicyclic amines) is 1. The van der Waals surface area contributed by atoms with Crippen LogP contribution in [0.3, 0.4) is 0 Å².